The summed E-state index contributed by atoms with van der Waals surface area (Å²) in [4.78, 5) is 11.1. The molecule has 2 rings (SSSR count). The molecule has 2 N–H and O–H groups in total. The van der Waals surface area contributed by atoms with Gasteiger partial charge in [-0.05, 0) is 31.5 Å². The molecule has 0 fully saturated rings. The number of hydrogen-bond acceptors (Lipinski definition) is 3. The van der Waals surface area contributed by atoms with Gasteiger partial charge in [0, 0.05) is 11.8 Å². The van der Waals surface area contributed by atoms with Crippen LogP contribution in [0, 0.1) is 0 Å². The molecule has 94 valence electrons. The lowest BCUT2D eigenvalue weighted by Crippen LogP contribution is -2.35. The smallest absolute Gasteiger partial charge is 0.331 e. The maximum Gasteiger partial charge on any atom is 0.331 e. The number of carboxylic acid groups (broad SMARTS) is 1. The quantitative estimate of drug-likeness (QED) is 0.869. The predicted molar refractivity (Wildman–Crippen MR) is 66.3 cm³/mol. The largest absolute Gasteiger partial charge is 0.508 e. The summed E-state index contributed by atoms with van der Waals surface area (Å²) < 4.78 is 1.41. The van der Waals surface area contributed by atoms with Gasteiger partial charge >= 0.3 is 5.97 Å². The van der Waals surface area contributed by atoms with Crippen LogP contribution < -0.4 is 0 Å². The third-order valence-corrected chi connectivity index (χ3v) is 2.88. The Morgan fingerprint density at radius 2 is 1.83 bits per heavy atom. The highest BCUT2D eigenvalue weighted by Gasteiger charge is 2.30. The van der Waals surface area contributed by atoms with Crippen LogP contribution in [0.2, 0.25) is 0 Å². The Kier molecular flexibility index (Phi) is 2.82. The van der Waals surface area contributed by atoms with Crippen LogP contribution in [-0.4, -0.2) is 26.0 Å². The lowest BCUT2D eigenvalue weighted by Gasteiger charge is -2.19. The first kappa shape index (κ1) is 12.2. The summed E-state index contributed by atoms with van der Waals surface area (Å²) in [6.07, 6.45) is 3.29. The Balaban J connectivity index is 2.37. The Morgan fingerprint density at radius 3 is 2.39 bits per heavy atom. The van der Waals surface area contributed by atoms with E-state index < -0.39 is 11.5 Å². The van der Waals surface area contributed by atoms with Crippen molar-refractivity contribution in [2.75, 3.05) is 0 Å². The van der Waals surface area contributed by atoms with E-state index in [1.54, 1.807) is 50.5 Å². The zero-order valence-electron chi connectivity index (χ0n) is 10.2. The molecule has 0 aliphatic heterocycles. The summed E-state index contributed by atoms with van der Waals surface area (Å²) in [6, 6.07) is 6.67. The molecule has 0 radical (unpaired) electrons. The minimum atomic E-state index is -1.09. The molecule has 1 heterocycles. The topological polar surface area (TPSA) is 75.3 Å². The van der Waals surface area contributed by atoms with Crippen LogP contribution in [0.15, 0.2) is 36.7 Å². The second-order valence-electron chi connectivity index (χ2n) is 4.58. The molecular weight excluding hydrogens is 232 g/mol. The molecule has 5 heteroatoms. The van der Waals surface area contributed by atoms with Gasteiger partial charge in [-0.25, -0.2) is 4.79 Å². The number of hydrogen-bond donors (Lipinski definition) is 2. The van der Waals surface area contributed by atoms with E-state index in [1.807, 2.05) is 0 Å². The third kappa shape index (κ3) is 2.07. The number of nitrogens with zero attached hydrogens (tertiary/aromatic N) is 2. The number of benzene rings is 1. The first-order chi connectivity index (χ1) is 8.41. The molecule has 0 aliphatic rings. The number of aromatic nitrogens is 2. The molecule has 18 heavy (non-hydrogen) atoms. The Morgan fingerprint density at radius 1 is 1.22 bits per heavy atom. The van der Waals surface area contributed by atoms with Gasteiger partial charge in [-0.2, -0.15) is 5.10 Å². The molecule has 0 saturated heterocycles. The van der Waals surface area contributed by atoms with Crippen molar-refractivity contribution >= 4 is 5.97 Å². The lowest BCUT2D eigenvalue weighted by molar-refractivity contribution is -0.146. The van der Waals surface area contributed by atoms with Gasteiger partial charge in [0.15, 0.2) is 5.54 Å². The molecule has 1 aromatic carbocycles. The van der Waals surface area contributed by atoms with Gasteiger partial charge in [-0.1, -0.05) is 12.1 Å². The van der Waals surface area contributed by atoms with Crippen molar-refractivity contribution in [2.45, 2.75) is 19.4 Å². The molecule has 0 unspecified atom stereocenters. The number of rotatable bonds is 3. The zero-order valence-corrected chi connectivity index (χ0v) is 10.2. The van der Waals surface area contributed by atoms with Crippen LogP contribution in [0.1, 0.15) is 13.8 Å². The van der Waals surface area contributed by atoms with E-state index in [2.05, 4.69) is 5.10 Å². The number of carbonyl (C=O) groups is 1. The van der Waals surface area contributed by atoms with Crippen LogP contribution in [0.5, 0.6) is 5.75 Å². The lowest BCUT2D eigenvalue weighted by atomic mass is 10.1. The molecule has 0 aliphatic carbocycles. The summed E-state index contributed by atoms with van der Waals surface area (Å²) >= 11 is 0. The zero-order chi connectivity index (χ0) is 13.3. The van der Waals surface area contributed by atoms with Crippen molar-refractivity contribution in [2.24, 2.45) is 0 Å². The average Bonchev–Trinajstić information content (AvgIpc) is 2.79. The second kappa shape index (κ2) is 4.18. The van der Waals surface area contributed by atoms with Gasteiger partial charge in [0.25, 0.3) is 0 Å². The fourth-order valence-electron chi connectivity index (χ4n) is 1.53. The predicted octanol–water partition coefficient (Wildman–Crippen LogP) is 2.08. The van der Waals surface area contributed by atoms with Crippen LogP contribution in [0.3, 0.4) is 0 Å². The van der Waals surface area contributed by atoms with Gasteiger partial charge in [-0.3, -0.25) is 4.68 Å². The molecular formula is C13H14N2O3. The van der Waals surface area contributed by atoms with E-state index in [0.717, 1.165) is 11.1 Å². The molecule has 1 aromatic heterocycles. The van der Waals surface area contributed by atoms with Crippen molar-refractivity contribution in [1.29, 1.82) is 0 Å². The highest BCUT2D eigenvalue weighted by atomic mass is 16.4. The first-order valence-electron chi connectivity index (χ1n) is 5.49. The second-order valence-corrected chi connectivity index (χ2v) is 4.58. The molecule has 0 bridgehead atoms. The molecule has 2 aromatic rings. The standard InChI is InChI=1S/C13H14N2O3/c1-13(2,12(17)18)15-8-10(7-14-15)9-3-5-11(16)6-4-9/h3-8,16H,1-2H3,(H,17,18). The number of phenols is 1. The van der Waals surface area contributed by atoms with Gasteiger partial charge < -0.3 is 10.2 Å². The Hall–Kier alpha value is -2.30. The maximum atomic E-state index is 11.1. The SMILES string of the molecule is CC(C)(C(=O)O)n1cc(-c2ccc(O)cc2)cn1. The summed E-state index contributed by atoms with van der Waals surface area (Å²) in [5.74, 6) is -0.750. The van der Waals surface area contributed by atoms with Crippen molar-refractivity contribution in [1.82, 2.24) is 9.78 Å². The van der Waals surface area contributed by atoms with Gasteiger partial charge in [-0.15, -0.1) is 0 Å². The summed E-state index contributed by atoms with van der Waals surface area (Å²) in [5, 5.41) is 22.4. The molecule has 5 nitrogen and oxygen atoms in total. The van der Waals surface area contributed by atoms with Crippen LogP contribution in [-0.2, 0) is 10.3 Å². The van der Waals surface area contributed by atoms with Crippen molar-refractivity contribution in [3.05, 3.63) is 36.7 Å². The fourth-order valence-corrected chi connectivity index (χ4v) is 1.53. The summed E-state index contributed by atoms with van der Waals surface area (Å²) in [6.45, 7) is 3.17. The monoisotopic (exact) mass is 246 g/mol. The molecule has 0 amide bonds. The van der Waals surface area contributed by atoms with Crippen LogP contribution in [0.4, 0.5) is 0 Å². The fraction of sp³-hybridized carbons (Fsp3) is 0.231. The normalized spacial score (nSPS) is 11.4. The number of aromatic hydroxyl groups is 1. The highest BCUT2D eigenvalue weighted by molar-refractivity contribution is 5.76. The first-order valence-corrected chi connectivity index (χ1v) is 5.49. The van der Waals surface area contributed by atoms with Crippen LogP contribution in [0.25, 0.3) is 11.1 Å². The van der Waals surface area contributed by atoms with Gasteiger partial charge in [0.2, 0.25) is 0 Å². The number of carboxylic acids is 1. The van der Waals surface area contributed by atoms with Crippen molar-refractivity contribution < 1.29 is 15.0 Å². The van der Waals surface area contributed by atoms with E-state index in [1.165, 1.54) is 4.68 Å². The van der Waals surface area contributed by atoms with E-state index in [-0.39, 0.29) is 5.75 Å². The Labute approximate surface area is 104 Å². The van der Waals surface area contributed by atoms with Crippen LogP contribution >= 0.6 is 0 Å². The van der Waals surface area contributed by atoms with E-state index >= 15 is 0 Å². The van der Waals surface area contributed by atoms with Crippen molar-refractivity contribution in [3.63, 3.8) is 0 Å². The van der Waals surface area contributed by atoms with E-state index in [9.17, 15) is 9.90 Å². The molecule has 0 saturated carbocycles. The van der Waals surface area contributed by atoms with Gasteiger partial charge in [0.1, 0.15) is 5.75 Å². The third-order valence-electron chi connectivity index (χ3n) is 2.88. The van der Waals surface area contributed by atoms with E-state index in [4.69, 9.17) is 5.11 Å². The van der Waals surface area contributed by atoms with Crippen molar-refractivity contribution in [3.8, 4) is 16.9 Å². The highest BCUT2D eigenvalue weighted by Crippen LogP contribution is 2.24. The van der Waals surface area contributed by atoms with Gasteiger partial charge in [0.05, 0.1) is 6.20 Å². The molecule has 0 spiro atoms. The number of phenolic OH excluding ortho intramolecular Hbond substituents is 1. The average molecular weight is 246 g/mol. The Bertz CT molecular complexity index is 570. The maximum absolute atomic E-state index is 11.1. The minimum absolute atomic E-state index is 0.192. The summed E-state index contributed by atoms with van der Waals surface area (Å²) in [5.41, 5.74) is 0.597. The number of aliphatic carboxylic acids is 1. The van der Waals surface area contributed by atoms with E-state index in [0.29, 0.717) is 0 Å². The minimum Gasteiger partial charge on any atom is -0.508 e. The molecule has 0 atom stereocenters. The summed E-state index contributed by atoms with van der Waals surface area (Å²) in [7, 11) is 0.